The largest absolute Gasteiger partial charge is 0.495 e. The fraction of sp³-hybridized carbons (Fsp3) is 0.364. The van der Waals surface area contributed by atoms with E-state index >= 15 is 0 Å². The van der Waals surface area contributed by atoms with Crippen molar-refractivity contribution in [2.24, 2.45) is 5.73 Å². The van der Waals surface area contributed by atoms with E-state index in [9.17, 15) is 4.79 Å². The third-order valence-electron chi connectivity index (χ3n) is 2.14. The molecular formula is C11H14ClNO3. The molecule has 0 amide bonds. The molecule has 0 atom stereocenters. The maximum Gasteiger partial charge on any atom is 0.164 e. The topological polar surface area (TPSA) is 61.5 Å². The van der Waals surface area contributed by atoms with Gasteiger partial charge >= 0.3 is 0 Å². The zero-order valence-corrected chi connectivity index (χ0v) is 10.0. The second-order valence-electron chi connectivity index (χ2n) is 3.16. The van der Waals surface area contributed by atoms with Crippen LogP contribution in [0.2, 0.25) is 5.02 Å². The summed E-state index contributed by atoms with van der Waals surface area (Å²) in [6.45, 7) is 0.312. The number of nitrogens with two attached hydrogens (primary N) is 1. The standard InChI is InChI=1S/C11H14ClNO3/c1-15-9-5-7(8(14)3-4-13)6-10(16-2)11(9)12/h5-6H,3-4,13H2,1-2H3. The van der Waals surface area contributed by atoms with Crippen LogP contribution in [0.25, 0.3) is 0 Å². The minimum absolute atomic E-state index is 0.0595. The third kappa shape index (κ3) is 2.65. The molecule has 16 heavy (non-hydrogen) atoms. The average molecular weight is 244 g/mol. The second kappa shape index (κ2) is 5.72. The third-order valence-corrected chi connectivity index (χ3v) is 2.51. The van der Waals surface area contributed by atoms with Crippen LogP contribution in [0.5, 0.6) is 11.5 Å². The molecule has 0 heterocycles. The van der Waals surface area contributed by atoms with Crippen LogP contribution >= 0.6 is 11.6 Å². The summed E-state index contributed by atoms with van der Waals surface area (Å²) in [5, 5.41) is 0.356. The van der Waals surface area contributed by atoms with E-state index in [0.29, 0.717) is 28.6 Å². The first kappa shape index (κ1) is 12.8. The van der Waals surface area contributed by atoms with Crippen LogP contribution in [-0.4, -0.2) is 26.5 Å². The Bertz CT molecular complexity index is 368. The molecule has 0 radical (unpaired) electrons. The maximum absolute atomic E-state index is 11.7. The molecule has 0 unspecified atom stereocenters. The Kier molecular flexibility index (Phi) is 4.58. The van der Waals surface area contributed by atoms with Gasteiger partial charge in [-0.1, -0.05) is 11.6 Å². The van der Waals surface area contributed by atoms with Crippen LogP contribution in [-0.2, 0) is 0 Å². The van der Waals surface area contributed by atoms with Crippen LogP contribution in [0, 0.1) is 0 Å². The lowest BCUT2D eigenvalue weighted by atomic mass is 10.1. The first-order chi connectivity index (χ1) is 7.63. The molecule has 0 aliphatic rings. The number of carbonyl (C=O) groups is 1. The molecule has 88 valence electrons. The van der Waals surface area contributed by atoms with E-state index in [1.54, 1.807) is 12.1 Å². The van der Waals surface area contributed by atoms with E-state index in [1.807, 2.05) is 0 Å². The van der Waals surface area contributed by atoms with Crippen molar-refractivity contribution in [2.75, 3.05) is 20.8 Å². The molecule has 0 saturated heterocycles. The van der Waals surface area contributed by atoms with Crippen molar-refractivity contribution in [3.63, 3.8) is 0 Å². The molecule has 0 bridgehead atoms. The summed E-state index contributed by atoms with van der Waals surface area (Å²) in [5.74, 6) is 0.776. The Hall–Kier alpha value is -1.26. The predicted molar refractivity (Wildman–Crippen MR) is 62.6 cm³/mol. The van der Waals surface area contributed by atoms with E-state index in [-0.39, 0.29) is 12.2 Å². The first-order valence-electron chi connectivity index (χ1n) is 4.78. The molecular weight excluding hydrogens is 230 g/mol. The predicted octanol–water partition coefficient (Wildman–Crippen LogP) is 1.89. The summed E-state index contributed by atoms with van der Waals surface area (Å²) in [6, 6.07) is 3.17. The van der Waals surface area contributed by atoms with Crippen molar-refractivity contribution >= 4 is 17.4 Å². The number of rotatable bonds is 5. The molecule has 0 aliphatic carbocycles. The molecule has 0 aromatic heterocycles. The highest BCUT2D eigenvalue weighted by molar-refractivity contribution is 6.33. The van der Waals surface area contributed by atoms with Crippen LogP contribution in [0.3, 0.4) is 0 Å². The van der Waals surface area contributed by atoms with Gasteiger partial charge in [0.15, 0.2) is 5.78 Å². The fourth-order valence-corrected chi connectivity index (χ4v) is 1.57. The van der Waals surface area contributed by atoms with Crippen molar-refractivity contribution < 1.29 is 14.3 Å². The first-order valence-corrected chi connectivity index (χ1v) is 5.16. The second-order valence-corrected chi connectivity index (χ2v) is 3.53. The van der Waals surface area contributed by atoms with Crippen molar-refractivity contribution in [1.29, 1.82) is 0 Å². The Morgan fingerprint density at radius 3 is 2.19 bits per heavy atom. The number of Topliss-reactive ketones (excluding diaryl/α,β-unsaturated/α-hetero) is 1. The van der Waals surface area contributed by atoms with Gasteiger partial charge in [-0.3, -0.25) is 4.79 Å². The monoisotopic (exact) mass is 243 g/mol. The summed E-state index contributed by atoms with van der Waals surface area (Å²) >= 11 is 5.98. The lowest BCUT2D eigenvalue weighted by molar-refractivity contribution is 0.0985. The Labute approximate surface area is 99.3 Å². The number of carbonyl (C=O) groups excluding carboxylic acids is 1. The van der Waals surface area contributed by atoms with E-state index in [4.69, 9.17) is 26.8 Å². The normalized spacial score (nSPS) is 10.0. The average Bonchev–Trinajstić information content (AvgIpc) is 2.29. The molecule has 0 fully saturated rings. The van der Waals surface area contributed by atoms with Crippen LogP contribution in [0.15, 0.2) is 12.1 Å². The Morgan fingerprint density at radius 1 is 1.31 bits per heavy atom. The van der Waals surface area contributed by atoms with E-state index in [1.165, 1.54) is 14.2 Å². The lowest BCUT2D eigenvalue weighted by Gasteiger charge is -2.10. The highest BCUT2D eigenvalue weighted by atomic mass is 35.5. The highest BCUT2D eigenvalue weighted by Crippen LogP contribution is 2.35. The van der Waals surface area contributed by atoms with Crippen molar-refractivity contribution in [1.82, 2.24) is 0 Å². The van der Waals surface area contributed by atoms with Gasteiger partial charge in [-0.05, 0) is 18.7 Å². The fourth-order valence-electron chi connectivity index (χ4n) is 1.31. The number of benzene rings is 1. The molecule has 1 aromatic carbocycles. The minimum atomic E-state index is -0.0595. The van der Waals surface area contributed by atoms with Gasteiger partial charge in [-0.2, -0.15) is 0 Å². The summed E-state index contributed by atoms with van der Waals surface area (Å²) in [7, 11) is 2.97. The number of halogens is 1. The minimum Gasteiger partial charge on any atom is -0.495 e. The molecule has 0 spiro atoms. The van der Waals surface area contributed by atoms with E-state index in [0.717, 1.165) is 0 Å². The van der Waals surface area contributed by atoms with Crippen LogP contribution < -0.4 is 15.2 Å². The van der Waals surface area contributed by atoms with Gasteiger partial charge < -0.3 is 15.2 Å². The molecule has 4 nitrogen and oxygen atoms in total. The van der Waals surface area contributed by atoms with Gasteiger partial charge in [0, 0.05) is 12.0 Å². The zero-order chi connectivity index (χ0) is 12.1. The quantitative estimate of drug-likeness (QED) is 0.803. The van der Waals surface area contributed by atoms with Gasteiger partial charge in [0.2, 0.25) is 0 Å². The summed E-state index contributed by atoms with van der Waals surface area (Å²) < 4.78 is 10.1. The van der Waals surface area contributed by atoms with Gasteiger partial charge in [-0.25, -0.2) is 0 Å². The van der Waals surface area contributed by atoms with Crippen molar-refractivity contribution in [3.8, 4) is 11.5 Å². The number of ether oxygens (including phenoxy) is 2. The summed E-state index contributed by atoms with van der Waals surface area (Å²) in [6.07, 6.45) is 0.286. The molecule has 0 aliphatic heterocycles. The van der Waals surface area contributed by atoms with Gasteiger partial charge in [0.1, 0.15) is 16.5 Å². The van der Waals surface area contributed by atoms with E-state index in [2.05, 4.69) is 0 Å². The van der Waals surface area contributed by atoms with Crippen molar-refractivity contribution in [2.45, 2.75) is 6.42 Å². The van der Waals surface area contributed by atoms with Crippen LogP contribution in [0.4, 0.5) is 0 Å². The molecule has 5 heteroatoms. The van der Waals surface area contributed by atoms with Gasteiger partial charge in [-0.15, -0.1) is 0 Å². The zero-order valence-electron chi connectivity index (χ0n) is 9.25. The van der Waals surface area contributed by atoms with Crippen molar-refractivity contribution in [3.05, 3.63) is 22.7 Å². The number of methoxy groups -OCH3 is 2. The number of ketones is 1. The summed E-state index contributed by atoms with van der Waals surface area (Å²) in [5.41, 5.74) is 5.82. The SMILES string of the molecule is COc1cc(C(=O)CCN)cc(OC)c1Cl. The Morgan fingerprint density at radius 2 is 1.81 bits per heavy atom. The van der Waals surface area contributed by atoms with Gasteiger partial charge in [0.25, 0.3) is 0 Å². The number of hydrogen-bond acceptors (Lipinski definition) is 4. The highest BCUT2D eigenvalue weighted by Gasteiger charge is 2.14. The summed E-state index contributed by atoms with van der Waals surface area (Å²) in [4.78, 5) is 11.7. The number of hydrogen-bond donors (Lipinski definition) is 1. The van der Waals surface area contributed by atoms with E-state index < -0.39 is 0 Å². The molecule has 1 aromatic rings. The lowest BCUT2D eigenvalue weighted by Crippen LogP contribution is -2.08. The maximum atomic E-state index is 11.7. The molecule has 0 saturated carbocycles. The molecule has 2 N–H and O–H groups in total. The van der Waals surface area contributed by atoms with Gasteiger partial charge in [0.05, 0.1) is 14.2 Å². The van der Waals surface area contributed by atoms with Crippen LogP contribution in [0.1, 0.15) is 16.8 Å². The Balaban J connectivity index is 3.16. The molecule has 1 rings (SSSR count). The smallest absolute Gasteiger partial charge is 0.164 e.